The third-order valence-corrected chi connectivity index (χ3v) is 4.98. The van der Waals surface area contributed by atoms with Gasteiger partial charge in [-0.25, -0.2) is 0 Å². The van der Waals surface area contributed by atoms with Gasteiger partial charge in [-0.15, -0.1) is 0 Å². The number of anilines is 1. The van der Waals surface area contributed by atoms with Crippen molar-refractivity contribution in [1.29, 1.82) is 0 Å². The van der Waals surface area contributed by atoms with Crippen molar-refractivity contribution in [2.45, 2.75) is 19.5 Å². The van der Waals surface area contributed by atoms with Gasteiger partial charge in [0.2, 0.25) is 5.91 Å². The normalized spacial score (nSPS) is 14.9. The average molecular weight is 454 g/mol. The summed E-state index contributed by atoms with van der Waals surface area (Å²) in [5.41, 5.74) is -0.762. The van der Waals surface area contributed by atoms with Crippen LogP contribution >= 0.6 is 0 Å². The fourth-order valence-electron chi connectivity index (χ4n) is 3.33. The summed E-state index contributed by atoms with van der Waals surface area (Å²) in [6, 6.07) is 5.51. The van der Waals surface area contributed by atoms with Crippen LogP contribution in [0.4, 0.5) is 19.0 Å². The first-order valence-corrected chi connectivity index (χ1v) is 10.2. The van der Waals surface area contributed by atoms with E-state index < -0.39 is 23.6 Å². The lowest BCUT2D eigenvalue weighted by atomic mass is 10.1. The van der Waals surface area contributed by atoms with Crippen molar-refractivity contribution in [2.75, 3.05) is 51.3 Å². The lowest BCUT2D eigenvalue weighted by Crippen LogP contribution is -2.41. The van der Waals surface area contributed by atoms with Crippen LogP contribution in [0.2, 0.25) is 0 Å². The van der Waals surface area contributed by atoms with Crippen molar-refractivity contribution < 1.29 is 32.0 Å². The standard InChI is InChI=1S/C21H25F3N4O4/c1-15-13-18(26-32-15)25-19(29)14-28(8-2-7-27-9-11-31-12-10-27)20(30)16-3-5-17(6-4-16)21(22,23)24/h3-6,13H,2,7-12,14H2,1H3,(H,25,26,29). The van der Waals surface area contributed by atoms with Crippen molar-refractivity contribution in [2.24, 2.45) is 0 Å². The van der Waals surface area contributed by atoms with E-state index in [1.807, 2.05) is 0 Å². The number of nitrogens with zero attached hydrogens (tertiary/aromatic N) is 3. The molecule has 1 fully saturated rings. The molecule has 2 aromatic rings. The van der Waals surface area contributed by atoms with Crippen LogP contribution in [-0.4, -0.2) is 72.7 Å². The second-order valence-electron chi connectivity index (χ2n) is 7.48. The second kappa shape index (κ2) is 10.6. The molecule has 1 aliphatic heterocycles. The van der Waals surface area contributed by atoms with Crippen molar-refractivity contribution in [3.05, 3.63) is 47.2 Å². The summed E-state index contributed by atoms with van der Waals surface area (Å²) in [5.74, 6) is -0.261. The lowest BCUT2D eigenvalue weighted by Gasteiger charge is -2.28. The van der Waals surface area contributed by atoms with Crippen molar-refractivity contribution in [1.82, 2.24) is 15.0 Å². The van der Waals surface area contributed by atoms with Gasteiger partial charge in [0, 0.05) is 37.8 Å². The molecule has 0 radical (unpaired) electrons. The van der Waals surface area contributed by atoms with Crippen molar-refractivity contribution in [3.63, 3.8) is 0 Å². The van der Waals surface area contributed by atoms with E-state index in [1.165, 1.54) is 4.90 Å². The number of morpholine rings is 1. The Labute approximate surface area is 183 Å². The summed E-state index contributed by atoms with van der Waals surface area (Å²) < 4.78 is 48.7. The Bertz CT molecular complexity index is 909. The number of rotatable bonds is 8. The molecule has 32 heavy (non-hydrogen) atoms. The van der Waals surface area contributed by atoms with Crippen molar-refractivity contribution in [3.8, 4) is 0 Å². The predicted molar refractivity (Wildman–Crippen MR) is 109 cm³/mol. The maximum atomic E-state index is 13.0. The molecular formula is C21H25F3N4O4. The number of carbonyl (C=O) groups is 2. The molecule has 1 aliphatic rings. The maximum absolute atomic E-state index is 13.0. The molecule has 2 heterocycles. The minimum atomic E-state index is -4.49. The number of hydrogen-bond donors (Lipinski definition) is 1. The number of alkyl halides is 3. The summed E-state index contributed by atoms with van der Waals surface area (Å²) in [5, 5.41) is 6.24. The van der Waals surface area contributed by atoms with Crippen LogP contribution in [0.5, 0.6) is 0 Å². The highest BCUT2D eigenvalue weighted by Gasteiger charge is 2.30. The van der Waals surface area contributed by atoms with E-state index in [0.29, 0.717) is 31.9 Å². The van der Waals surface area contributed by atoms with Crippen LogP contribution in [0.15, 0.2) is 34.9 Å². The molecule has 0 saturated carbocycles. The smallest absolute Gasteiger partial charge is 0.379 e. The Kier molecular flexibility index (Phi) is 7.86. The van der Waals surface area contributed by atoms with Gasteiger partial charge < -0.3 is 19.5 Å². The summed E-state index contributed by atoms with van der Waals surface area (Å²) >= 11 is 0. The number of nitrogens with one attached hydrogen (secondary N) is 1. The van der Waals surface area contributed by atoms with E-state index in [-0.39, 0.29) is 24.5 Å². The molecular weight excluding hydrogens is 429 g/mol. The number of amides is 2. The monoisotopic (exact) mass is 454 g/mol. The average Bonchev–Trinajstić information content (AvgIpc) is 3.17. The first-order chi connectivity index (χ1) is 15.2. The molecule has 1 aromatic carbocycles. The zero-order chi connectivity index (χ0) is 23.1. The van der Waals surface area contributed by atoms with Gasteiger partial charge in [0.05, 0.1) is 18.8 Å². The molecule has 0 unspecified atom stereocenters. The zero-order valence-electron chi connectivity index (χ0n) is 17.7. The SMILES string of the molecule is Cc1cc(NC(=O)CN(CCCN2CCOCC2)C(=O)c2ccc(C(F)(F)F)cc2)no1. The number of aryl methyl sites for hydroxylation is 1. The first kappa shape index (κ1) is 23.7. The van der Waals surface area contributed by atoms with Crippen LogP contribution < -0.4 is 5.32 Å². The molecule has 3 rings (SSSR count). The van der Waals surface area contributed by atoms with Crippen LogP contribution in [0, 0.1) is 6.92 Å². The summed E-state index contributed by atoms with van der Waals surface area (Å²) in [6.45, 7) is 5.26. The van der Waals surface area contributed by atoms with Crippen molar-refractivity contribution >= 4 is 17.6 Å². The molecule has 2 amide bonds. The Hall–Kier alpha value is -2.92. The zero-order valence-corrected chi connectivity index (χ0v) is 17.7. The summed E-state index contributed by atoms with van der Waals surface area (Å²) in [4.78, 5) is 29.0. The van der Waals surface area contributed by atoms with Gasteiger partial charge in [-0.2, -0.15) is 13.2 Å². The highest BCUT2D eigenvalue weighted by Crippen LogP contribution is 2.29. The van der Waals surface area contributed by atoms with Crippen LogP contribution in [0.3, 0.4) is 0 Å². The first-order valence-electron chi connectivity index (χ1n) is 10.2. The van der Waals surface area contributed by atoms with E-state index in [2.05, 4.69) is 15.4 Å². The molecule has 1 saturated heterocycles. The summed E-state index contributed by atoms with van der Waals surface area (Å²) in [7, 11) is 0. The fourth-order valence-corrected chi connectivity index (χ4v) is 3.33. The van der Waals surface area contributed by atoms with Gasteiger partial charge in [-0.3, -0.25) is 14.5 Å². The van der Waals surface area contributed by atoms with E-state index >= 15 is 0 Å². The van der Waals surface area contributed by atoms with E-state index in [4.69, 9.17) is 9.26 Å². The van der Waals surface area contributed by atoms with Gasteiger partial charge in [0.25, 0.3) is 5.91 Å². The van der Waals surface area contributed by atoms with Gasteiger partial charge in [-0.05, 0) is 37.6 Å². The van der Waals surface area contributed by atoms with Gasteiger partial charge >= 0.3 is 6.18 Å². The quantitative estimate of drug-likeness (QED) is 0.660. The molecule has 174 valence electrons. The molecule has 1 N–H and O–H groups in total. The highest BCUT2D eigenvalue weighted by molar-refractivity contribution is 5.99. The third kappa shape index (κ3) is 6.79. The van der Waals surface area contributed by atoms with Gasteiger partial charge in [0.1, 0.15) is 12.3 Å². The van der Waals surface area contributed by atoms with Crippen LogP contribution in [0.1, 0.15) is 28.1 Å². The number of benzene rings is 1. The van der Waals surface area contributed by atoms with Crippen LogP contribution in [-0.2, 0) is 15.7 Å². The minimum absolute atomic E-state index is 0.0782. The number of carbonyl (C=O) groups excluding carboxylic acids is 2. The Morgan fingerprint density at radius 3 is 2.47 bits per heavy atom. The van der Waals surface area contributed by atoms with Gasteiger partial charge in [0.15, 0.2) is 5.82 Å². The Balaban J connectivity index is 1.66. The third-order valence-electron chi connectivity index (χ3n) is 4.98. The number of hydrogen-bond acceptors (Lipinski definition) is 6. The Morgan fingerprint density at radius 1 is 1.19 bits per heavy atom. The molecule has 0 bridgehead atoms. The largest absolute Gasteiger partial charge is 0.416 e. The summed E-state index contributed by atoms with van der Waals surface area (Å²) in [6.07, 6.45) is -3.89. The molecule has 0 atom stereocenters. The maximum Gasteiger partial charge on any atom is 0.416 e. The predicted octanol–water partition coefficient (Wildman–Crippen LogP) is 2.81. The topological polar surface area (TPSA) is 87.9 Å². The molecule has 8 nitrogen and oxygen atoms in total. The number of aromatic nitrogens is 1. The van der Waals surface area contributed by atoms with E-state index in [1.54, 1.807) is 13.0 Å². The lowest BCUT2D eigenvalue weighted by molar-refractivity contribution is -0.137. The Morgan fingerprint density at radius 2 is 1.88 bits per heavy atom. The molecule has 0 spiro atoms. The molecule has 1 aromatic heterocycles. The van der Waals surface area contributed by atoms with E-state index in [0.717, 1.165) is 37.4 Å². The van der Waals surface area contributed by atoms with E-state index in [9.17, 15) is 22.8 Å². The molecule has 0 aliphatic carbocycles. The van der Waals surface area contributed by atoms with Gasteiger partial charge in [-0.1, -0.05) is 5.16 Å². The number of ether oxygens (including phenoxy) is 1. The second-order valence-corrected chi connectivity index (χ2v) is 7.48. The fraction of sp³-hybridized carbons (Fsp3) is 0.476. The minimum Gasteiger partial charge on any atom is -0.379 e. The highest BCUT2D eigenvalue weighted by atomic mass is 19.4. The molecule has 11 heteroatoms. The van der Waals surface area contributed by atoms with Crippen LogP contribution in [0.25, 0.3) is 0 Å². The number of halogens is 3.